The number of amides is 2. The highest BCUT2D eigenvalue weighted by Gasteiger charge is 2.50. The molecule has 3 rings (SSSR count). The SMILES string of the molecule is C=CCCCCC(=O)N(CCCOC(C)C)[C@@H]1C=C(C(=O)NCCO)[C@@H]2c3ccccc3O[C@@H]2[C@H]1O. The minimum atomic E-state index is -1.01. The number of para-hydroxylation sites is 1. The summed E-state index contributed by atoms with van der Waals surface area (Å²) in [5.41, 5.74) is 1.27. The van der Waals surface area contributed by atoms with E-state index in [0.717, 1.165) is 18.4 Å². The molecule has 0 saturated heterocycles. The zero-order chi connectivity index (χ0) is 26.1. The molecule has 0 radical (unpaired) electrons. The van der Waals surface area contributed by atoms with Crippen molar-refractivity contribution in [3.05, 3.63) is 54.1 Å². The molecule has 1 aromatic carbocycles. The molecule has 36 heavy (non-hydrogen) atoms. The average molecular weight is 501 g/mol. The van der Waals surface area contributed by atoms with Crippen molar-refractivity contribution in [3.63, 3.8) is 0 Å². The summed E-state index contributed by atoms with van der Waals surface area (Å²) >= 11 is 0. The van der Waals surface area contributed by atoms with Crippen molar-refractivity contribution in [1.29, 1.82) is 0 Å². The number of rotatable bonds is 14. The van der Waals surface area contributed by atoms with Crippen LogP contribution in [-0.4, -0.2) is 77.6 Å². The van der Waals surface area contributed by atoms with E-state index >= 15 is 0 Å². The van der Waals surface area contributed by atoms with Crippen LogP contribution in [0, 0.1) is 0 Å². The first-order valence-corrected chi connectivity index (χ1v) is 12.9. The number of hydrogen-bond acceptors (Lipinski definition) is 6. The summed E-state index contributed by atoms with van der Waals surface area (Å²) in [6.45, 7) is 8.47. The highest BCUT2D eigenvalue weighted by molar-refractivity contribution is 5.96. The van der Waals surface area contributed by atoms with Crippen molar-refractivity contribution in [1.82, 2.24) is 10.2 Å². The zero-order valence-electron chi connectivity index (χ0n) is 21.4. The Morgan fingerprint density at radius 2 is 2.03 bits per heavy atom. The van der Waals surface area contributed by atoms with Crippen LogP contribution in [-0.2, 0) is 14.3 Å². The van der Waals surface area contributed by atoms with Gasteiger partial charge in [0.25, 0.3) is 0 Å². The number of nitrogens with one attached hydrogen (secondary N) is 1. The maximum atomic E-state index is 13.4. The number of carbonyl (C=O) groups excluding carboxylic acids is 2. The molecule has 1 heterocycles. The average Bonchev–Trinajstić information content (AvgIpc) is 3.26. The lowest BCUT2D eigenvalue weighted by molar-refractivity contribution is -0.137. The van der Waals surface area contributed by atoms with Crippen LogP contribution in [0.2, 0.25) is 0 Å². The molecular weight excluding hydrogens is 460 g/mol. The summed E-state index contributed by atoms with van der Waals surface area (Å²) in [5.74, 6) is -0.244. The smallest absolute Gasteiger partial charge is 0.247 e. The molecule has 0 unspecified atom stereocenters. The standard InChI is InChI=1S/C28H40N2O6/c1-4-5-6-7-13-24(32)30(15-10-17-35-19(2)3)22-18-21(28(34)29-14-16-31)25-20-11-8-9-12-23(20)36-27(25)26(22)33/h4,8-9,11-12,18-19,22,25-27,31,33H,1,5-7,10,13-17H2,2-3H3,(H,29,34)/t22-,25+,26+,27+/m1/s1. The van der Waals surface area contributed by atoms with Crippen molar-refractivity contribution in [2.24, 2.45) is 0 Å². The maximum absolute atomic E-state index is 13.4. The van der Waals surface area contributed by atoms with Crippen molar-refractivity contribution >= 4 is 11.8 Å². The minimum Gasteiger partial charge on any atom is -0.486 e. The van der Waals surface area contributed by atoms with Crippen molar-refractivity contribution in [3.8, 4) is 5.75 Å². The van der Waals surface area contributed by atoms with Gasteiger partial charge >= 0.3 is 0 Å². The van der Waals surface area contributed by atoms with E-state index in [1.54, 1.807) is 11.0 Å². The topological polar surface area (TPSA) is 108 Å². The Balaban J connectivity index is 1.90. The molecule has 0 spiro atoms. The van der Waals surface area contributed by atoms with Gasteiger partial charge in [-0.2, -0.15) is 0 Å². The van der Waals surface area contributed by atoms with E-state index in [4.69, 9.17) is 9.47 Å². The molecule has 2 amide bonds. The molecular formula is C28H40N2O6. The number of carbonyl (C=O) groups is 2. The van der Waals surface area contributed by atoms with Crippen LogP contribution in [0.15, 0.2) is 48.6 Å². The van der Waals surface area contributed by atoms with Crippen LogP contribution in [0.4, 0.5) is 0 Å². The van der Waals surface area contributed by atoms with Crippen LogP contribution in [0.1, 0.15) is 57.4 Å². The summed E-state index contributed by atoms with van der Waals surface area (Å²) in [6, 6.07) is 6.72. The fourth-order valence-corrected chi connectivity index (χ4v) is 4.89. The molecule has 3 N–H and O–H groups in total. The molecule has 4 atom stereocenters. The van der Waals surface area contributed by atoms with Gasteiger partial charge in [-0.05, 0) is 51.7 Å². The Labute approximate surface area is 214 Å². The van der Waals surface area contributed by atoms with Crippen LogP contribution in [0.5, 0.6) is 5.75 Å². The van der Waals surface area contributed by atoms with Crippen molar-refractivity contribution < 1.29 is 29.3 Å². The molecule has 0 fully saturated rings. The summed E-state index contributed by atoms with van der Waals surface area (Å²) in [6.07, 6.45) is 5.30. The fraction of sp³-hybridized carbons (Fsp3) is 0.571. The van der Waals surface area contributed by atoms with Crippen LogP contribution < -0.4 is 10.1 Å². The number of nitrogens with zero attached hydrogens (tertiary/aromatic N) is 1. The van der Waals surface area contributed by atoms with Crippen LogP contribution in [0.3, 0.4) is 0 Å². The second-order valence-corrected chi connectivity index (χ2v) is 9.58. The summed E-state index contributed by atoms with van der Waals surface area (Å²) in [4.78, 5) is 28.2. The largest absolute Gasteiger partial charge is 0.486 e. The molecule has 1 aliphatic carbocycles. The van der Waals surface area contributed by atoms with Crippen LogP contribution >= 0.6 is 0 Å². The monoisotopic (exact) mass is 500 g/mol. The number of benzene rings is 1. The third-order valence-corrected chi connectivity index (χ3v) is 6.60. The van der Waals surface area contributed by atoms with E-state index in [9.17, 15) is 19.8 Å². The number of aliphatic hydroxyl groups is 2. The minimum absolute atomic E-state index is 0.0759. The predicted molar refractivity (Wildman–Crippen MR) is 138 cm³/mol. The second kappa shape index (κ2) is 13.6. The Bertz CT molecular complexity index is 930. The molecule has 198 valence electrons. The number of allylic oxidation sites excluding steroid dienone is 1. The van der Waals surface area contributed by atoms with Gasteiger partial charge in [0.05, 0.1) is 24.7 Å². The predicted octanol–water partition coefficient (Wildman–Crippen LogP) is 2.70. The van der Waals surface area contributed by atoms with Gasteiger partial charge in [-0.1, -0.05) is 24.3 Å². The summed E-state index contributed by atoms with van der Waals surface area (Å²) in [5, 5.41) is 23.4. The molecule has 0 bridgehead atoms. The van der Waals surface area contributed by atoms with E-state index < -0.39 is 24.2 Å². The Kier molecular flexibility index (Phi) is 10.5. The summed E-state index contributed by atoms with van der Waals surface area (Å²) < 4.78 is 11.8. The molecule has 2 aliphatic rings. The lowest BCUT2D eigenvalue weighted by Gasteiger charge is -2.41. The molecule has 8 heteroatoms. The van der Waals surface area contributed by atoms with E-state index in [-0.39, 0.29) is 31.1 Å². The lowest BCUT2D eigenvalue weighted by atomic mass is 9.77. The van der Waals surface area contributed by atoms with E-state index in [2.05, 4.69) is 11.9 Å². The fourth-order valence-electron chi connectivity index (χ4n) is 4.89. The zero-order valence-corrected chi connectivity index (χ0v) is 21.4. The molecule has 0 saturated carbocycles. The first-order valence-electron chi connectivity index (χ1n) is 12.9. The van der Waals surface area contributed by atoms with E-state index in [0.29, 0.717) is 43.7 Å². The van der Waals surface area contributed by atoms with Gasteiger partial charge in [-0.25, -0.2) is 0 Å². The van der Waals surface area contributed by atoms with Crippen LogP contribution in [0.25, 0.3) is 0 Å². The third kappa shape index (κ3) is 6.75. The first kappa shape index (κ1) is 27.9. The highest BCUT2D eigenvalue weighted by atomic mass is 16.5. The lowest BCUT2D eigenvalue weighted by Crippen LogP contribution is -2.56. The Morgan fingerprint density at radius 3 is 2.75 bits per heavy atom. The molecule has 1 aromatic rings. The first-order chi connectivity index (χ1) is 17.4. The molecule has 1 aliphatic heterocycles. The normalized spacial score (nSPS) is 22.3. The number of aliphatic hydroxyl groups excluding tert-OH is 2. The van der Waals surface area contributed by atoms with Gasteiger partial charge in [0.2, 0.25) is 11.8 Å². The van der Waals surface area contributed by atoms with Gasteiger partial charge in [-0.3, -0.25) is 9.59 Å². The quantitative estimate of drug-likeness (QED) is 0.268. The second-order valence-electron chi connectivity index (χ2n) is 9.58. The van der Waals surface area contributed by atoms with Gasteiger partial charge < -0.3 is 29.9 Å². The third-order valence-electron chi connectivity index (χ3n) is 6.60. The maximum Gasteiger partial charge on any atom is 0.247 e. The van der Waals surface area contributed by atoms with E-state index in [1.165, 1.54) is 0 Å². The van der Waals surface area contributed by atoms with Crippen molar-refractivity contribution in [2.75, 3.05) is 26.3 Å². The van der Waals surface area contributed by atoms with E-state index in [1.807, 2.05) is 44.2 Å². The number of ether oxygens (including phenoxy) is 2. The summed E-state index contributed by atoms with van der Waals surface area (Å²) in [7, 11) is 0. The van der Waals surface area contributed by atoms with Gasteiger partial charge in [0.1, 0.15) is 18.0 Å². The Hall–Kier alpha value is -2.68. The number of unbranched alkanes of at least 4 members (excludes halogenated alkanes) is 2. The number of fused-ring (bicyclic) bond motifs is 3. The van der Waals surface area contributed by atoms with Gasteiger partial charge in [0.15, 0.2) is 0 Å². The van der Waals surface area contributed by atoms with Gasteiger partial charge in [-0.15, -0.1) is 6.58 Å². The molecule has 0 aromatic heterocycles. The molecule has 8 nitrogen and oxygen atoms in total. The number of hydrogen-bond donors (Lipinski definition) is 3. The van der Waals surface area contributed by atoms with Gasteiger partial charge in [0, 0.05) is 37.3 Å². The van der Waals surface area contributed by atoms with Crippen molar-refractivity contribution in [2.45, 2.75) is 76.2 Å². The Morgan fingerprint density at radius 1 is 1.25 bits per heavy atom. The highest BCUT2D eigenvalue weighted by Crippen LogP contribution is 2.47.